The Balaban J connectivity index is 1.69. The number of carbonyl (C=O) groups is 1. The maximum atomic E-state index is 12.4. The molecular formula is C17H21F3N2O. The number of anilines is 1. The molecule has 126 valence electrons. The highest BCUT2D eigenvalue weighted by Crippen LogP contribution is 2.29. The first kappa shape index (κ1) is 17.5. The van der Waals surface area contributed by atoms with Crippen molar-refractivity contribution < 1.29 is 18.0 Å². The maximum absolute atomic E-state index is 12.4. The zero-order valence-electron chi connectivity index (χ0n) is 12.9. The minimum Gasteiger partial charge on any atom is -0.325 e. The Kier molecular flexibility index (Phi) is 6.21. The fourth-order valence-corrected chi connectivity index (χ4v) is 2.53. The predicted molar refractivity (Wildman–Crippen MR) is 84.1 cm³/mol. The number of allylic oxidation sites excluding steroid dienone is 1. The summed E-state index contributed by atoms with van der Waals surface area (Å²) in [6.45, 7) is 0.876. The van der Waals surface area contributed by atoms with E-state index in [4.69, 9.17) is 0 Å². The average molecular weight is 326 g/mol. The minimum absolute atomic E-state index is 0.147. The first-order valence-electron chi connectivity index (χ1n) is 7.81. The first-order valence-corrected chi connectivity index (χ1v) is 7.81. The van der Waals surface area contributed by atoms with Crippen LogP contribution in [0.15, 0.2) is 35.9 Å². The molecule has 1 amide bonds. The number of hydrogen-bond donors (Lipinski definition) is 2. The van der Waals surface area contributed by atoms with Crippen LogP contribution in [0.1, 0.15) is 37.7 Å². The monoisotopic (exact) mass is 326 g/mol. The highest BCUT2D eigenvalue weighted by Gasteiger charge is 2.29. The van der Waals surface area contributed by atoms with E-state index in [0.717, 1.165) is 37.9 Å². The van der Waals surface area contributed by atoms with Gasteiger partial charge in [-0.2, -0.15) is 13.2 Å². The molecule has 1 aromatic rings. The third-order valence-electron chi connectivity index (χ3n) is 3.79. The molecule has 23 heavy (non-hydrogen) atoms. The molecule has 1 aromatic carbocycles. The normalized spacial score (nSPS) is 15.2. The lowest BCUT2D eigenvalue weighted by Crippen LogP contribution is -2.29. The first-order chi connectivity index (χ1) is 10.9. The summed E-state index contributed by atoms with van der Waals surface area (Å²) in [6.07, 6.45) is 3.62. The Hall–Kier alpha value is -1.82. The van der Waals surface area contributed by atoms with Gasteiger partial charge in [0.2, 0.25) is 5.91 Å². The number of amides is 1. The summed E-state index contributed by atoms with van der Waals surface area (Å²) in [6, 6.07) is 4.43. The van der Waals surface area contributed by atoms with E-state index in [9.17, 15) is 18.0 Å². The van der Waals surface area contributed by atoms with Gasteiger partial charge in [0, 0.05) is 5.69 Å². The molecule has 6 heteroatoms. The Labute approximate surface area is 134 Å². The Morgan fingerprint density at radius 2 is 1.87 bits per heavy atom. The number of nitrogens with one attached hydrogen (secondary N) is 2. The zero-order valence-corrected chi connectivity index (χ0v) is 12.9. The number of carbonyl (C=O) groups excluding carboxylic acids is 1. The van der Waals surface area contributed by atoms with Crippen molar-refractivity contribution in [2.45, 2.75) is 38.3 Å². The smallest absolute Gasteiger partial charge is 0.325 e. The van der Waals surface area contributed by atoms with Gasteiger partial charge in [-0.1, -0.05) is 11.6 Å². The molecule has 0 heterocycles. The van der Waals surface area contributed by atoms with Crippen molar-refractivity contribution >= 4 is 11.6 Å². The molecule has 0 radical (unpaired) electrons. The van der Waals surface area contributed by atoms with E-state index in [2.05, 4.69) is 16.7 Å². The maximum Gasteiger partial charge on any atom is 0.416 e. The van der Waals surface area contributed by atoms with Gasteiger partial charge < -0.3 is 10.6 Å². The van der Waals surface area contributed by atoms with Crippen LogP contribution in [0, 0.1) is 0 Å². The molecule has 0 aromatic heterocycles. The Bertz CT molecular complexity index is 550. The molecule has 3 nitrogen and oxygen atoms in total. The van der Waals surface area contributed by atoms with Crippen LogP contribution in [0.3, 0.4) is 0 Å². The molecule has 2 rings (SSSR count). The summed E-state index contributed by atoms with van der Waals surface area (Å²) in [4.78, 5) is 11.7. The summed E-state index contributed by atoms with van der Waals surface area (Å²) < 4.78 is 37.3. The lowest BCUT2D eigenvalue weighted by Gasteiger charge is -2.13. The van der Waals surface area contributed by atoms with Gasteiger partial charge in [-0.05, 0) is 62.9 Å². The van der Waals surface area contributed by atoms with E-state index < -0.39 is 11.7 Å². The van der Waals surface area contributed by atoms with Crippen LogP contribution in [0.4, 0.5) is 18.9 Å². The molecule has 1 aliphatic carbocycles. The van der Waals surface area contributed by atoms with Crippen LogP contribution in [-0.2, 0) is 11.0 Å². The van der Waals surface area contributed by atoms with E-state index >= 15 is 0 Å². The van der Waals surface area contributed by atoms with Gasteiger partial charge in [-0.3, -0.25) is 4.79 Å². The van der Waals surface area contributed by atoms with Gasteiger partial charge in [-0.15, -0.1) is 0 Å². The molecular weight excluding hydrogens is 305 g/mol. The van der Waals surface area contributed by atoms with E-state index in [1.165, 1.54) is 30.5 Å². The van der Waals surface area contributed by atoms with Gasteiger partial charge >= 0.3 is 6.18 Å². The lowest BCUT2D eigenvalue weighted by atomic mass is 9.97. The number of rotatable bonds is 6. The van der Waals surface area contributed by atoms with Crippen LogP contribution >= 0.6 is 0 Å². The molecule has 0 saturated carbocycles. The number of hydrogen-bond acceptors (Lipinski definition) is 2. The van der Waals surface area contributed by atoms with Crippen LogP contribution in [-0.4, -0.2) is 19.0 Å². The molecule has 0 fully saturated rings. The minimum atomic E-state index is -4.36. The van der Waals surface area contributed by atoms with Crippen molar-refractivity contribution in [2.24, 2.45) is 0 Å². The molecule has 1 aliphatic rings. The number of benzene rings is 1. The lowest BCUT2D eigenvalue weighted by molar-refractivity contribution is -0.137. The van der Waals surface area contributed by atoms with E-state index in [0.29, 0.717) is 5.69 Å². The fourth-order valence-electron chi connectivity index (χ4n) is 2.53. The molecule has 0 aliphatic heterocycles. The quantitative estimate of drug-likeness (QED) is 0.610. The van der Waals surface area contributed by atoms with Crippen molar-refractivity contribution in [3.8, 4) is 0 Å². The molecule has 0 spiro atoms. The highest BCUT2D eigenvalue weighted by atomic mass is 19.4. The second-order valence-electron chi connectivity index (χ2n) is 5.66. The SMILES string of the molecule is O=C(CNCCC1=CCCCC1)Nc1ccc(C(F)(F)F)cc1. The number of halogens is 3. The summed E-state index contributed by atoms with van der Waals surface area (Å²) >= 11 is 0. The Morgan fingerprint density at radius 1 is 1.13 bits per heavy atom. The van der Waals surface area contributed by atoms with Gasteiger partial charge in [0.1, 0.15) is 0 Å². The second kappa shape index (κ2) is 8.15. The van der Waals surface area contributed by atoms with Crippen molar-refractivity contribution in [3.05, 3.63) is 41.5 Å². The van der Waals surface area contributed by atoms with E-state index in [1.807, 2.05) is 0 Å². The Morgan fingerprint density at radius 3 is 2.48 bits per heavy atom. The molecule has 2 N–H and O–H groups in total. The third kappa shape index (κ3) is 6.06. The number of alkyl halides is 3. The van der Waals surface area contributed by atoms with Gasteiger partial charge in [0.05, 0.1) is 12.1 Å². The van der Waals surface area contributed by atoms with Crippen LogP contribution < -0.4 is 10.6 Å². The zero-order chi connectivity index (χ0) is 16.7. The van der Waals surface area contributed by atoms with E-state index in [1.54, 1.807) is 0 Å². The predicted octanol–water partition coefficient (Wildman–Crippen LogP) is 4.12. The summed E-state index contributed by atoms with van der Waals surface area (Å²) in [7, 11) is 0. The second-order valence-corrected chi connectivity index (χ2v) is 5.66. The average Bonchev–Trinajstić information content (AvgIpc) is 2.52. The summed E-state index contributed by atoms with van der Waals surface area (Å²) in [5.74, 6) is -0.262. The molecule has 0 saturated heterocycles. The summed E-state index contributed by atoms with van der Waals surface area (Å²) in [5, 5.41) is 5.63. The van der Waals surface area contributed by atoms with Crippen molar-refractivity contribution in [1.82, 2.24) is 5.32 Å². The van der Waals surface area contributed by atoms with Crippen molar-refractivity contribution in [3.63, 3.8) is 0 Å². The van der Waals surface area contributed by atoms with Crippen molar-refractivity contribution in [2.75, 3.05) is 18.4 Å². The molecule has 0 unspecified atom stereocenters. The molecule has 0 atom stereocenters. The van der Waals surface area contributed by atoms with Crippen LogP contribution in [0.2, 0.25) is 0 Å². The van der Waals surface area contributed by atoms with Gasteiger partial charge in [0.15, 0.2) is 0 Å². The third-order valence-corrected chi connectivity index (χ3v) is 3.79. The largest absolute Gasteiger partial charge is 0.416 e. The topological polar surface area (TPSA) is 41.1 Å². The molecule has 0 bridgehead atoms. The van der Waals surface area contributed by atoms with E-state index in [-0.39, 0.29) is 12.5 Å². The van der Waals surface area contributed by atoms with Crippen LogP contribution in [0.25, 0.3) is 0 Å². The van der Waals surface area contributed by atoms with Crippen LogP contribution in [0.5, 0.6) is 0 Å². The van der Waals surface area contributed by atoms with Crippen molar-refractivity contribution in [1.29, 1.82) is 0 Å². The van der Waals surface area contributed by atoms with Gasteiger partial charge in [0.25, 0.3) is 0 Å². The van der Waals surface area contributed by atoms with Gasteiger partial charge in [-0.25, -0.2) is 0 Å². The fraction of sp³-hybridized carbons (Fsp3) is 0.471. The summed E-state index contributed by atoms with van der Waals surface area (Å²) in [5.41, 5.74) is 1.07. The standard InChI is InChI=1S/C17H21F3N2O/c18-17(19,20)14-6-8-15(9-7-14)22-16(23)12-21-11-10-13-4-2-1-3-5-13/h4,6-9,21H,1-3,5,10-12H2,(H,22,23). The highest BCUT2D eigenvalue weighted by molar-refractivity contribution is 5.92.